The molecule has 1 saturated carbocycles. The van der Waals surface area contributed by atoms with Crippen molar-refractivity contribution in [1.29, 1.82) is 0 Å². The van der Waals surface area contributed by atoms with E-state index >= 15 is 0 Å². The molecule has 0 radical (unpaired) electrons. The lowest BCUT2D eigenvalue weighted by atomic mass is 10.0. The minimum absolute atomic E-state index is 0.0885. The molecule has 3 aromatic carbocycles. The predicted molar refractivity (Wildman–Crippen MR) is 118 cm³/mol. The van der Waals surface area contributed by atoms with Gasteiger partial charge in [0.2, 0.25) is 0 Å². The maximum Gasteiger partial charge on any atom is 0.254 e. The molecular weight excluding hydrogens is 372 g/mol. The zero-order valence-electron chi connectivity index (χ0n) is 17.0. The van der Waals surface area contributed by atoms with Crippen molar-refractivity contribution in [2.24, 2.45) is 0 Å². The molecule has 4 nitrogen and oxygen atoms in total. The number of rotatable bonds is 5. The number of benzene rings is 3. The quantitative estimate of drug-likeness (QED) is 0.597. The average molecular weight is 399 g/mol. The van der Waals surface area contributed by atoms with E-state index in [1.807, 2.05) is 65.6 Å². The summed E-state index contributed by atoms with van der Waals surface area (Å²) in [5.74, 6) is 1.61. The summed E-state index contributed by atoms with van der Waals surface area (Å²) in [6.45, 7) is 2.63. The van der Waals surface area contributed by atoms with Crippen LogP contribution in [-0.4, -0.2) is 41.4 Å². The lowest BCUT2D eigenvalue weighted by Crippen LogP contribution is -2.51. The number of amides is 1. The van der Waals surface area contributed by atoms with Gasteiger partial charge in [0.15, 0.2) is 0 Å². The van der Waals surface area contributed by atoms with Crippen molar-refractivity contribution in [3.63, 3.8) is 0 Å². The number of nitrogens with zero attached hydrogens (tertiary/aromatic N) is 2. The summed E-state index contributed by atoms with van der Waals surface area (Å²) >= 11 is 0. The Bertz CT molecular complexity index is 985. The fourth-order valence-corrected chi connectivity index (χ4v) is 4.23. The first-order chi connectivity index (χ1) is 14.8. The van der Waals surface area contributed by atoms with Crippen molar-refractivity contribution < 1.29 is 9.53 Å². The molecule has 1 saturated heterocycles. The third kappa shape index (κ3) is 4.10. The summed E-state index contributed by atoms with van der Waals surface area (Å²) < 4.78 is 5.86. The maximum atomic E-state index is 13.4. The molecule has 2 fully saturated rings. The number of piperazine rings is 1. The number of carbonyl (C=O) groups excluding carboxylic acids is 1. The second-order valence-electron chi connectivity index (χ2n) is 8.09. The predicted octanol–water partition coefficient (Wildman–Crippen LogP) is 5.14. The van der Waals surface area contributed by atoms with Gasteiger partial charge < -0.3 is 9.64 Å². The first kappa shape index (κ1) is 18.9. The van der Waals surface area contributed by atoms with Crippen molar-refractivity contribution >= 4 is 5.91 Å². The molecule has 2 aliphatic rings. The van der Waals surface area contributed by atoms with Crippen LogP contribution in [0.4, 0.5) is 0 Å². The second kappa shape index (κ2) is 8.33. The topological polar surface area (TPSA) is 32.8 Å². The van der Waals surface area contributed by atoms with Gasteiger partial charge in [-0.05, 0) is 54.8 Å². The normalized spacial score (nSPS) is 19.5. The Morgan fingerprint density at radius 1 is 0.767 bits per heavy atom. The van der Waals surface area contributed by atoms with Crippen LogP contribution in [0.1, 0.15) is 34.8 Å². The van der Waals surface area contributed by atoms with Crippen LogP contribution >= 0.6 is 0 Å². The molecule has 1 heterocycles. The Morgan fingerprint density at radius 2 is 1.40 bits per heavy atom. The number of para-hydroxylation sites is 1. The molecule has 1 aliphatic carbocycles. The first-order valence-corrected chi connectivity index (χ1v) is 10.7. The molecule has 3 aromatic rings. The summed E-state index contributed by atoms with van der Waals surface area (Å²) in [4.78, 5) is 18.0. The molecule has 0 bridgehead atoms. The van der Waals surface area contributed by atoms with Gasteiger partial charge in [-0.15, -0.1) is 0 Å². The van der Waals surface area contributed by atoms with Crippen LogP contribution in [0, 0.1) is 0 Å². The molecule has 0 N–H and O–H groups in total. The monoisotopic (exact) mass is 398 g/mol. The number of ether oxygens (including phenoxy) is 1. The van der Waals surface area contributed by atoms with Crippen LogP contribution in [0.3, 0.4) is 0 Å². The van der Waals surface area contributed by atoms with Gasteiger partial charge in [-0.1, -0.05) is 48.5 Å². The minimum atomic E-state index is 0.0885. The van der Waals surface area contributed by atoms with E-state index in [9.17, 15) is 4.79 Å². The summed E-state index contributed by atoms with van der Waals surface area (Å²) in [6.07, 6.45) is 2.58. The van der Waals surface area contributed by atoms with Crippen LogP contribution in [0.2, 0.25) is 0 Å². The van der Waals surface area contributed by atoms with E-state index in [4.69, 9.17) is 4.74 Å². The molecule has 1 unspecified atom stereocenters. The highest BCUT2D eigenvalue weighted by Gasteiger charge is 2.38. The van der Waals surface area contributed by atoms with Crippen molar-refractivity contribution in [3.05, 3.63) is 96.1 Å². The highest BCUT2D eigenvalue weighted by Crippen LogP contribution is 2.34. The van der Waals surface area contributed by atoms with E-state index in [2.05, 4.69) is 29.2 Å². The zero-order valence-corrected chi connectivity index (χ0v) is 17.0. The molecule has 152 valence electrons. The highest BCUT2D eigenvalue weighted by molar-refractivity contribution is 5.94. The van der Waals surface area contributed by atoms with Gasteiger partial charge in [-0.3, -0.25) is 9.69 Å². The third-order valence-electron chi connectivity index (χ3n) is 6.00. The maximum absolute atomic E-state index is 13.4. The van der Waals surface area contributed by atoms with E-state index in [0.29, 0.717) is 11.6 Å². The van der Waals surface area contributed by atoms with Crippen molar-refractivity contribution in [2.45, 2.75) is 24.9 Å². The molecule has 4 heteroatoms. The lowest BCUT2D eigenvalue weighted by molar-refractivity contribution is 0.0433. The molecule has 0 aromatic heterocycles. The Labute approximate surface area is 177 Å². The Balaban J connectivity index is 1.34. The number of carbonyl (C=O) groups is 1. The summed E-state index contributed by atoms with van der Waals surface area (Å²) in [5, 5.41) is 0. The van der Waals surface area contributed by atoms with Crippen molar-refractivity contribution in [1.82, 2.24) is 9.80 Å². The lowest BCUT2D eigenvalue weighted by Gasteiger charge is -2.42. The minimum Gasteiger partial charge on any atom is -0.457 e. The summed E-state index contributed by atoms with van der Waals surface area (Å²) in [6, 6.07) is 28.4. The number of hydrogen-bond donors (Lipinski definition) is 0. The average Bonchev–Trinajstić information content (AvgIpc) is 3.66. The fraction of sp³-hybridized carbons (Fsp3) is 0.269. The molecule has 5 rings (SSSR count). The van der Waals surface area contributed by atoms with Crippen molar-refractivity contribution in [3.8, 4) is 11.5 Å². The van der Waals surface area contributed by atoms with Gasteiger partial charge in [0, 0.05) is 31.2 Å². The summed E-state index contributed by atoms with van der Waals surface area (Å²) in [5.41, 5.74) is 1.91. The molecule has 1 atom stereocenters. The smallest absolute Gasteiger partial charge is 0.254 e. The van der Waals surface area contributed by atoms with E-state index in [0.717, 1.165) is 31.1 Å². The Hall–Kier alpha value is -3.11. The van der Waals surface area contributed by atoms with E-state index < -0.39 is 0 Å². The van der Waals surface area contributed by atoms with E-state index in [1.54, 1.807) is 0 Å². The molecule has 30 heavy (non-hydrogen) atoms. The molecule has 1 amide bonds. The standard InChI is InChI=1S/C26H26N2O2/c29-26(21-11-15-24(16-12-21)30-23-9-5-2-6-10-23)28-18-17-27(22-13-14-22)19-25(28)20-7-3-1-4-8-20/h1-12,15-16,22,25H,13-14,17-19H2. The van der Waals surface area contributed by atoms with Gasteiger partial charge in [0.05, 0.1) is 6.04 Å². The molecule has 0 spiro atoms. The van der Waals surface area contributed by atoms with Gasteiger partial charge in [0.25, 0.3) is 5.91 Å². The highest BCUT2D eigenvalue weighted by atomic mass is 16.5. The summed E-state index contributed by atoms with van der Waals surface area (Å²) in [7, 11) is 0. The second-order valence-corrected chi connectivity index (χ2v) is 8.09. The van der Waals surface area contributed by atoms with Crippen molar-refractivity contribution in [2.75, 3.05) is 19.6 Å². The van der Waals surface area contributed by atoms with Gasteiger partial charge >= 0.3 is 0 Å². The van der Waals surface area contributed by atoms with Gasteiger partial charge in [-0.2, -0.15) is 0 Å². The van der Waals surface area contributed by atoms with E-state index in [-0.39, 0.29) is 11.9 Å². The van der Waals surface area contributed by atoms with Crippen LogP contribution in [0.15, 0.2) is 84.9 Å². The first-order valence-electron chi connectivity index (χ1n) is 10.7. The Morgan fingerprint density at radius 3 is 2.07 bits per heavy atom. The fourth-order valence-electron chi connectivity index (χ4n) is 4.23. The van der Waals surface area contributed by atoms with Crippen LogP contribution in [0.5, 0.6) is 11.5 Å². The van der Waals surface area contributed by atoms with E-state index in [1.165, 1.54) is 18.4 Å². The SMILES string of the molecule is O=C(c1ccc(Oc2ccccc2)cc1)N1CCN(C2CC2)CC1c1ccccc1. The zero-order chi connectivity index (χ0) is 20.3. The molecular formula is C26H26N2O2. The van der Waals surface area contributed by atoms with Crippen LogP contribution in [0.25, 0.3) is 0 Å². The molecule has 1 aliphatic heterocycles. The number of hydrogen-bond acceptors (Lipinski definition) is 3. The van der Waals surface area contributed by atoms with Gasteiger partial charge in [0.1, 0.15) is 11.5 Å². The van der Waals surface area contributed by atoms with Crippen LogP contribution < -0.4 is 4.74 Å². The van der Waals surface area contributed by atoms with Crippen LogP contribution in [-0.2, 0) is 0 Å². The third-order valence-corrected chi connectivity index (χ3v) is 6.00. The van der Waals surface area contributed by atoms with Gasteiger partial charge in [-0.25, -0.2) is 0 Å². The largest absolute Gasteiger partial charge is 0.457 e. The Kier molecular flexibility index (Phi) is 5.24.